The number of hydrogen-bond donors (Lipinski definition) is 0. The molecule has 14 heavy (non-hydrogen) atoms. The van der Waals surface area contributed by atoms with Crippen LogP contribution in [0.4, 0.5) is 0 Å². The molecule has 1 aromatic rings. The predicted molar refractivity (Wildman–Crippen MR) is 61.0 cm³/mol. The van der Waals surface area contributed by atoms with Gasteiger partial charge >= 0.3 is 0 Å². The monoisotopic (exact) mass is 188 g/mol. The van der Waals surface area contributed by atoms with E-state index in [4.69, 9.17) is 4.74 Å². The fourth-order valence-electron chi connectivity index (χ4n) is 1.19. The topological polar surface area (TPSA) is 9.23 Å². The van der Waals surface area contributed by atoms with Crippen molar-refractivity contribution in [1.82, 2.24) is 0 Å². The first-order valence-corrected chi connectivity index (χ1v) is 4.79. The summed E-state index contributed by atoms with van der Waals surface area (Å²) in [5.41, 5.74) is 2.46. The molecule has 0 unspecified atom stereocenters. The van der Waals surface area contributed by atoms with Gasteiger partial charge in [0.2, 0.25) is 0 Å². The Bertz CT molecular complexity index is 337. The van der Waals surface area contributed by atoms with E-state index in [0.29, 0.717) is 12.4 Å². The lowest BCUT2D eigenvalue weighted by atomic mass is 10.1. The highest BCUT2D eigenvalue weighted by molar-refractivity contribution is 5.55. The average molecular weight is 188 g/mol. The minimum atomic E-state index is 0.664. The molecular weight excluding hydrogens is 172 g/mol. The Kier molecular flexibility index (Phi) is 3.99. The molecular formula is C13H16O. The molecule has 1 nitrogen and oxygen atoms in total. The van der Waals surface area contributed by atoms with E-state index in [1.165, 1.54) is 11.1 Å². The number of allylic oxidation sites excluding steroid dienone is 1. The predicted octanol–water partition coefficient (Wildman–Crippen LogP) is 3.56. The van der Waals surface area contributed by atoms with Gasteiger partial charge < -0.3 is 4.74 Å². The van der Waals surface area contributed by atoms with Crippen molar-refractivity contribution in [3.05, 3.63) is 53.8 Å². The third-order valence-electron chi connectivity index (χ3n) is 1.97. The summed E-state index contributed by atoms with van der Waals surface area (Å²) < 4.78 is 5.22. The highest BCUT2D eigenvalue weighted by Crippen LogP contribution is 2.10. The van der Waals surface area contributed by atoms with E-state index in [9.17, 15) is 0 Å². The van der Waals surface area contributed by atoms with Crippen LogP contribution in [0.2, 0.25) is 0 Å². The molecule has 0 fully saturated rings. The van der Waals surface area contributed by atoms with Gasteiger partial charge in [0.05, 0.1) is 6.61 Å². The summed E-state index contributed by atoms with van der Waals surface area (Å²) in [6.45, 7) is 8.48. The summed E-state index contributed by atoms with van der Waals surface area (Å²) in [7, 11) is 0. The Morgan fingerprint density at radius 3 is 2.79 bits per heavy atom. The van der Waals surface area contributed by atoms with Crippen LogP contribution in [0.15, 0.2) is 42.7 Å². The van der Waals surface area contributed by atoms with Crippen molar-refractivity contribution in [3.63, 3.8) is 0 Å². The molecule has 0 aromatic heterocycles. The molecule has 74 valence electrons. The molecule has 0 aliphatic heterocycles. The lowest BCUT2D eigenvalue weighted by Crippen LogP contribution is -1.85. The molecule has 0 saturated heterocycles. The molecule has 0 radical (unpaired) electrons. The zero-order valence-corrected chi connectivity index (χ0v) is 8.79. The van der Waals surface area contributed by atoms with E-state index in [2.05, 4.69) is 25.6 Å². The lowest BCUT2D eigenvalue weighted by molar-refractivity contribution is 0.244. The quantitative estimate of drug-likeness (QED) is 0.518. The number of hydrogen-bond acceptors (Lipinski definition) is 1. The Morgan fingerprint density at radius 2 is 2.14 bits per heavy atom. The molecule has 0 atom stereocenters. The maximum atomic E-state index is 5.22. The Hall–Kier alpha value is -1.50. The average Bonchev–Trinajstić information content (AvgIpc) is 2.17. The van der Waals surface area contributed by atoms with E-state index >= 15 is 0 Å². The Balaban J connectivity index is 2.69. The van der Waals surface area contributed by atoms with Crippen LogP contribution in [-0.2, 0) is 4.74 Å². The SMILES string of the molecule is C=C(/C=C\c1ccccc1C)OCC. The summed E-state index contributed by atoms with van der Waals surface area (Å²) >= 11 is 0. The lowest BCUT2D eigenvalue weighted by Gasteiger charge is -2.01. The molecule has 0 spiro atoms. The molecule has 0 amide bonds. The third-order valence-corrected chi connectivity index (χ3v) is 1.97. The first-order chi connectivity index (χ1) is 6.74. The van der Waals surface area contributed by atoms with Crippen molar-refractivity contribution in [2.24, 2.45) is 0 Å². The minimum Gasteiger partial charge on any atom is -0.495 e. The summed E-state index contributed by atoms with van der Waals surface area (Å²) in [6, 6.07) is 8.22. The van der Waals surface area contributed by atoms with Crippen molar-refractivity contribution in [2.45, 2.75) is 13.8 Å². The number of rotatable bonds is 4. The molecule has 0 bridgehead atoms. The van der Waals surface area contributed by atoms with E-state index in [1.54, 1.807) is 0 Å². The minimum absolute atomic E-state index is 0.664. The molecule has 1 rings (SSSR count). The first-order valence-electron chi connectivity index (χ1n) is 4.79. The van der Waals surface area contributed by atoms with Crippen molar-refractivity contribution < 1.29 is 4.74 Å². The second kappa shape index (κ2) is 5.28. The van der Waals surface area contributed by atoms with Crippen molar-refractivity contribution in [1.29, 1.82) is 0 Å². The number of ether oxygens (including phenoxy) is 1. The standard InChI is InChI=1S/C13H16O/c1-4-14-12(3)9-10-13-8-6-5-7-11(13)2/h5-10H,3-4H2,1-2H3/b10-9-. The zero-order chi connectivity index (χ0) is 10.4. The normalized spacial score (nSPS) is 10.4. The largest absolute Gasteiger partial charge is 0.495 e. The fraction of sp³-hybridized carbons (Fsp3) is 0.231. The van der Waals surface area contributed by atoms with Crippen molar-refractivity contribution in [2.75, 3.05) is 6.61 Å². The third kappa shape index (κ3) is 3.09. The van der Waals surface area contributed by atoms with E-state index in [-0.39, 0.29) is 0 Å². The van der Waals surface area contributed by atoms with E-state index in [1.807, 2.05) is 31.2 Å². The Labute approximate surface area is 85.7 Å². The van der Waals surface area contributed by atoms with Gasteiger partial charge in [-0.05, 0) is 31.1 Å². The molecule has 0 saturated carbocycles. The maximum Gasteiger partial charge on any atom is 0.112 e. The van der Waals surface area contributed by atoms with Crippen molar-refractivity contribution in [3.8, 4) is 0 Å². The van der Waals surface area contributed by atoms with Gasteiger partial charge in [-0.3, -0.25) is 0 Å². The highest BCUT2D eigenvalue weighted by Gasteiger charge is 1.91. The van der Waals surface area contributed by atoms with Crippen LogP contribution in [0.25, 0.3) is 6.08 Å². The second-order valence-corrected chi connectivity index (χ2v) is 3.09. The highest BCUT2D eigenvalue weighted by atomic mass is 16.5. The van der Waals surface area contributed by atoms with Gasteiger partial charge in [-0.25, -0.2) is 0 Å². The Morgan fingerprint density at radius 1 is 1.43 bits per heavy atom. The van der Waals surface area contributed by atoms with Crippen LogP contribution >= 0.6 is 0 Å². The molecule has 0 aliphatic carbocycles. The summed E-state index contributed by atoms with van der Waals surface area (Å²) in [5, 5.41) is 0. The molecule has 0 aliphatic rings. The zero-order valence-electron chi connectivity index (χ0n) is 8.79. The van der Waals surface area contributed by atoms with Gasteiger partial charge in [0, 0.05) is 0 Å². The molecule has 0 heterocycles. The van der Waals surface area contributed by atoms with Crippen LogP contribution in [0.5, 0.6) is 0 Å². The van der Waals surface area contributed by atoms with E-state index < -0.39 is 0 Å². The molecule has 1 heteroatoms. The van der Waals surface area contributed by atoms with Gasteiger partial charge in [-0.1, -0.05) is 36.9 Å². The smallest absolute Gasteiger partial charge is 0.112 e. The van der Waals surface area contributed by atoms with Crippen LogP contribution in [0.1, 0.15) is 18.1 Å². The second-order valence-electron chi connectivity index (χ2n) is 3.09. The van der Waals surface area contributed by atoms with Gasteiger partial charge in [0.25, 0.3) is 0 Å². The summed E-state index contributed by atoms with van der Waals surface area (Å²) in [4.78, 5) is 0. The number of aryl methyl sites for hydroxylation is 1. The maximum absolute atomic E-state index is 5.22. The van der Waals surface area contributed by atoms with Crippen LogP contribution in [0.3, 0.4) is 0 Å². The van der Waals surface area contributed by atoms with Gasteiger partial charge in [-0.15, -0.1) is 0 Å². The van der Waals surface area contributed by atoms with Gasteiger partial charge in [-0.2, -0.15) is 0 Å². The number of benzene rings is 1. The molecule has 0 N–H and O–H groups in total. The fourth-order valence-corrected chi connectivity index (χ4v) is 1.19. The van der Waals surface area contributed by atoms with Crippen LogP contribution in [-0.4, -0.2) is 6.61 Å². The van der Waals surface area contributed by atoms with Gasteiger partial charge in [0.1, 0.15) is 5.76 Å². The van der Waals surface area contributed by atoms with E-state index in [0.717, 1.165) is 0 Å². The first kappa shape index (κ1) is 10.6. The van der Waals surface area contributed by atoms with Crippen LogP contribution < -0.4 is 0 Å². The summed E-state index contributed by atoms with van der Waals surface area (Å²) in [6.07, 6.45) is 3.92. The summed E-state index contributed by atoms with van der Waals surface area (Å²) in [5.74, 6) is 0.704. The van der Waals surface area contributed by atoms with Crippen LogP contribution in [0, 0.1) is 6.92 Å². The van der Waals surface area contributed by atoms with Crippen molar-refractivity contribution >= 4 is 6.08 Å². The molecule has 1 aromatic carbocycles. The van der Waals surface area contributed by atoms with Gasteiger partial charge in [0.15, 0.2) is 0 Å².